The molecule has 0 bridgehead atoms. The first-order valence-electron chi connectivity index (χ1n) is 10.8. The normalized spacial score (nSPS) is 13.5. The lowest BCUT2D eigenvalue weighted by atomic mass is 10.0. The summed E-state index contributed by atoms with van der Waals surface area (Å²) < 4.78 is 5.22. The van der Waals surface area contributed by atoms with E-state index in [4.69, 9.17) is 9.72 Å². The molecule has 1 N–H and O–H groups in total. The van der Waals surface area contributed by atoms with Crippen molar-refractivity contribution in [1.29, 1.82) is 0 Å². The van der Waals surface area contributed by atoms with Gasteiger partial charge in [0.25, 0.3) is 0 Å². The molecule has 0 unspecified atom stereocenters. The predicted molar refractivity (Wildman–Crippen MR) is 126 cm³/mol. The molecule has 1 aromatic heterocycles. The van der Waals surface area contributed by atoms with Crippen molar-refractivity contribution in [2.24, 2.45) is 4.99 Å². The third kappa shape index (κ3) is 6.69. The number of hydrogen-bond acceptors (Lipinski definition) is 5. The van der Waals surface area contributed by atoms with Crippen LogP contribution in [-0.2, 0) is 30.6 Å². The van der Waals surface area contributed by atoms with Gasteiger partial charge in [0.2, 0.25) is 5.91 Å². The molecule has 0 saturated heterocycles. The van der Waals surface area contributed by atoms with Gasteiger partial charge >= 0.3 is 0 Å². The van der Waals surface area contributed by atoms with E-state index in [1.807, 2.05) is 30.5 Å². The third-order valence-electron chi connectivity index (χ3n) is 5.34. The topological polar surface area (TPSA) is 70.1 Å². The molecule has 0 saturated carbocycles. The van der Waals surface area contributed by atoms with Gasteiger partial charge in [-0.05, 0) is 49.8 Å². The number of methoxy groups -OCH3 is 1. The summed E-state index contributed by atoms with van der Waals surface area (Å²) in [6.07, 6.45) is 5.59. The Hall–Kier alpha value is -2.61. The van der Waals surface area contributed by atoms with Crippen molar-refractivity contribution < 1.29 is 9.53 Å². The molecule has 0 aliphatic heterocycles. The molecule has 8 heteroatoms. The summed E-state index contributed by atoms with van der Waals surface area (Å²) in [7, 11) is 7.17. The number of fused-ring (bicyclic) bond motifs is 1. The molecule has 1 amide bonds. The number of carbonyl (C=O) groups excluding carboxylic acids is 1. The lowest BCUT2D eigenvalue weighted by molar-refractivity contribution is -0.127. The highest BCUT2D eigenvalue weighted by molar-refractivity contribution is 7.11. The second-order valence-electron chi connectivity index (χ2n) is 7.99. The zero-order valence-electron chi connectivity index (χ0n) is 19.0. The van der Waals surface area contributed by atoms with E-state index in [0.29, 0.717) is 6.54 Å². The van der Waals surface area contributed by atoms with Crippen molar-refractivity contribution in [3.8, 4) is 5.75 Å². The van der Waals surface area contributed by atoms with Crippen LogP contribution in [0.15, 0.2) is 29.3 Å². The predicted octanol–water partition coefficient (Wildman–Crippen LogP) is 2.74. The summed E-state index contributed by atoms with van der Waals surface area (Å²) >= 11 is 1.81. The van der Waals surface area contributed by atoms with Crippen LogP contribution in [0.1, 0.15) is 34.0 Å². The Bertz CT molecular complexity index is 868. The summed E-state index contributed by atoms with van der Waals surface area (Å²) in [6.45, 7) is 1.53. The molecule has 0 fully saturated rings. The molecule has 168 valence electrons. The van der Waals surface area contributed by atoms with E-state index < -0.39 is 0 Å². The second kappa shape index (κ2) is 11.1. The van der Waals surface area contributed by atoms with Crippen molar-refractivity contribution in [2.45, 2.75) is 38.6 Å². The van der Waals surface area contributed by atoms with E-state index in [1.54, 1.807) is 26.1 Å². The van der Waals surface area contributed by atoms with Crippen LogP contribution in [0.25, 0.3) is 0 Å². The Labute approximate surface area is 189 Å². The Morgan fingerprint density at radius 3 is 2.61 bits per heavy atom. The molecule has 1 aromatic carbocycles. The number of thiazole rings is 1. The van der Waals surface area contributed by atoms with Crippen LogP contribution in [-0.4, -0.2) is 68.0 Å². The number of nitrogens with zero attached hydrogens (tertiary/aromatic N) is 4. The van der Waals surface area contributed by atoms with Gasteiger partial charge in [0.1, 0.15) is 17.3 Å². The molecule has 1 aliphatic rings. The highest BCUT2D eigenvalue weighted by Gasteiger charge is 2.17. The average Bonchev–Trinajstić information content (AvgIpc) is 3.18. The number of aryl methyl sites for hydroxylation is 2. The van der Waals surface area contributed by atoms with Crippen molar-refractivity contribution >= 4 is 23.2 Å². The van der Waals surface area contributed by atoms with Crippen molar-refractivity contribution in [3.05, 3.63) is 45.4 Å². The standard InChI is InChI=1S/C23H33N5O2S/c1-27(2)22(29)15-25-23(24-14-13-17-9-11-18(30-4)12-10-17)28(3)16-21-26-19-7-5-6-8-20(19)31-21/h9-12H,5-8,13-16H2,1-4H3,(H,24,25). The number of likely N-dealkylation sites (N-methyl/N-ethyl adjacent to an activating group) is 1. The SMILES string of the molecule is COc1ccc(CCNC(=NCC(=O)N(C)C)N(C)Cc2nc3c(s2)CCCC3)cc1. The fourth-order valence-electron chi connectivity index (χ4n) is 3.46. The molecular formula is C23H33N5O2S. The van der Waals surface area contributed by atoms with Gasteiger partial charge in [0, 0.05) is 32.6 Å². The molecular weight excluding hydrogens is 410 g/mol. The van der Waals surface area contributed by atoms with Gasteiger partial charge < -0.3 is 19.9 Å². The van der Waals surface area contributed by atoms with Gasteiger partial charge in [-0.3, -0.25) is 4.79 Å². The zero-order chi connectivity index (χ0) is 22.2. The number of aliphatic imine (C=N–C) groups is 1. The Morgan fingerprint density at radius 2 is 1.94 bits per heavy atom. The molecule has 31 heavy (non-hydrogen) atoms. The number of rotatable bonds is 8. The van der Waals surface area contributed by atoms with Gasteiger partial charge in [0.05, 0.1) is 19.3 Å². The number of carbonyl (C=O) groups is 1. The fourth-order valence-corrected chi connectivity index (χ4v) is 4.67. The van der Waals surface area contributed by atoms with Gasteiger partial charge in [-0.1, -0.05) is 12.1 Å². The van der Waals surface area contributed by atoms with E-state index >= 15 is 0 Å². The minimum Gasteiger partial charge on any atom is -0.497 e. The Kier molecular flexibility index (Phi) is 8.28. The number of guanidine groups is 1. The molecule has 0 spiro atoms. The van der Waals surface area contributed by atoms with Gasteiger partial charge in [0.15, 0.2) is 5.96 Å². The number of ether oxygens (including phenoxy) is 1. The first kappa shape index (κ1) is 23.1. The molecule has 1 heterocycles. The minimum absolute atomic E-state index is 0.0208. The van der Waals surface area contributed by atoms with Crippen LogP contribution < -0.4 is 10.1 Å². The molecule has 1 aliphatic carbocycles. The van der Waals surface area contributed by atoms with Crippen molar-refractivity contribution in [1.82, 2.24) is 20.1 Å². The maximum Gasteiger partial charge on any atom is 0.243 e. The highest BCUT2D eigenvalue weighted by Crippen LogP contribution is 2.27. The maximum absolute atomic E-state index is 12.1. The summed E-state index contributed by atoms with van der Waals surface area (Å²) in [6, 6.07) is 8.07. The quantitative estimate of drug-likeness (QED) is 0.502. The number of nitrogens with one attached hydrogen (secondary N) is 1. The Morgan fingerprint density at radius 1 is 1.19 bits per heavy atom. The smallest absolute Gasteiger partial charge is 0.243 e. The summed E-state index contributed by atoms with van der Waals surface area (Å²) in [5.74, 6) is 1.55. The van der Waals surface area contributed by atoms with E-state index in [2.05, 4.69) is 27.3 Å². The first-order valence-corrected chi connectivity index (χ1v) is 11.6. The van der Waals surface area contributed by atoms with Crippen LogP contribution in [0, 0.1) is 0 Å². The van der Waals surface area contributed by atoms with Crippen molar-refractivity contribution in [3.63, 3.8) is 0 Å². The second-order valence-corrected chi connectivity index (χ2v) is 9.16. The highest BCUT2D eigenvalue weighted by atomic mass is 32.1. The first-order chi connectivity index (χ1) is 15.0. The van der Waals surface area contributed by atoms with E-state index in [9.17, 15) is 4.79 Å². The monoisotopic (exact) mass is 443 g/mol. The fraction of sp³-hybridized carbons (Fsp3) is 0.522. The molecule has 7 nitrogen and oxygen atoms in total. The van der Waals surface area contributed by atoms with E-state index in [0.717, 1.165) is 42.5 Å². The van der Waals surface area contributed by atoms with E-state index in [-0.39, 0.29) is 12.5 Å². The maximum atomic E-state index is 12.1. The van der Waals surface area contributed by atoms with Gasteiger partial charge in [-0.2, -0.15) is 0 Å². The average molecular weight is 444 g/mol. The summed E-state index contributed by atoms with van der Waals surface area (Å²) in [5, 5.41) is 4.53. The molecule has 3 rings (SSSR count). The zero-order valence-corrected chi connectivity index (χ0v) is 19.8. The molecule has 0 radical (unpaired) electrons. The van der Waals surface area contributed by atoms with Crippen LogP contribution in [0.2, 0.25) is 0 Å². The third-order valence-corrected chi connectivity index (χ3v) is 6.48. The van der Waals surface area contributed by atoms with Crippen molar-refractivity contribution in [2.75, 3.05) is 41.3 Å². The number of benzene rings is 1. The van der Waals surface area contributed by atoms with Crippen LogP contribution in [0.3, 0.4) is 0 Å². The number of amides is 1. The Balaban J connectivity index is 1.63. The number of hydrogen-bond donors (Lipinski definition) is 1. The molecule has 0 atom stereocenters. The van der Waals surface area contributed by atoms with Gasteiger partial charge in [-0.15, -0.1) is 11.3 Å². The minimum atomic E-state index is -0.0208. The van der Waals surface area contributed by atoms with E-state index in [1.165, 1.54) is 29.0 Å². The van der Waals surface area contributed by atoms with Crippen LogP contribution in [0.5, 0.6) is 5.75 Å². The lowest BCUT2D eigenvalue weighted by Gasteiger charge is -2.22. The van der Waals surface area contributed by atoms with Crippen LogP contribution in [0.4, 0.5) is 0 Å². The largest absolute Gasteiger partial charge is 0.497 e. The summed E-state index contributed by atoms with van der Waals surface area (Å²) in [5.41, 5.74) is 2.49. The molecule has 2 aromatic rings. The summed E-state index contributed by atoms with van der Waals surface area (Å²) in [4.78, 5) is 26.5. The lowest BCUT2D eigenvalue weighted by Crippen LogP contribution is -2.40. The van der Waals surface area contributed by atoms with Gasteiger partial charge in [-0.25, -0.2) is 9.98 Å². The number of aromatic nitrogens is 1. The van der Waals surface area contributed by atoms with Crippen LogP contribution >= 0.6 is 11.3 Å².